The van der Waals surface area contributed by atoms with Gasteiger partial charge in [-0.2, -0.15) is 0 Å². The number of aromatic nitrogens is 3. The second kappa shape index (κ2) is 7.28. The topological polar surface area (TPSA) is 81.1 Å². The second-order valence-corrected chi connectivity index (χ2v) is 7.91. The Morgan fingerprint density at radius 3 is 2.88 bits per heavy atom. The van der Waals surface area contributed by atoms with Crippen LogP contribution in [0.3, 0.4) is 0 Å². The lowest BCUT2D eigenvalue weighted by Crippen LogP contribution is -2.45. The molecule has 1 aromatic heterocycles. The van der Waals surface area contributed by atoms with Crippen LogP contribution >= 0.6 is 11.8 Å². The average Bonchev–Trinajstić information content (AvgIpc) is 3.29. The molecule has 0 spiro atoms. The second-order valence-electron chi connectivity index (χ2n) is 6.80. The lowest BCUT2D eigenvalue weighted by Gasteiger charge is -2.33. The van der Waals surface area contributed by atoms with E-state index in [1.807, 2.05) is 11.6 Å². The van der Waals surface area contributed by atoms with Gasteiger partial charge in [0.15, 0.2) is 0 Å². The van der Waals surface area contributed by atoms with Crippen molar-refractivity contribution < 1.29 is 9.53 Å². The molecular formula is C18H23N5O2S. The summed E-state index contributed by atoms with van der Waals surface area (Å²) in [5.41, 5.74) is 5.68. The van der Waals surface area contributed by atoms with Crippen LogP contribution in [0.1, 0.15) is 35.8 Å². The summed E-state index contributed by atoms with van der Waals surface area (Å²) < 4.78 is 7.47. The number of hydrogen-bond acceptors (Lipinski definition) is 6. The number of amides is 1. The highest BCUT2D eigenvalue weighted by molar-refractivity contribution is 8.00. The molecule has 0 unspecified atom stereocenters. The van der Waals surface area contributed by atoms with Crippen LogP contribution in [-0.2, 0) is 9.53 Å². The fourth-order valence-corrected chi connectivity index (χ4v) is 4.45. The van der Waals surface area contributed by atoms with Gasteiger partial charge in [-0.1, -0.05) is 41.6 Å². The maximum Gasteiger partial charge on any atom is 0.236 e. The quantitative estimate of drug-likeness (QED) is 0.853. The molecule has 4 rings (SSSR count). The van der Waals surface area contributed by atoms with Crippen LogP contribution in [0.4, 0.5) is 0 Å². The SMILES string of the molecule is Cc1ccc([C@@H]2Nn3c(C)nnc3S[C@@H]2C(=O)NC[C@H]2CCCO2)cc1. The van der Waals surface area contributed by atoms with Gasteiger partial charge in [0, 0.05) is 13.2 Å². The molecule has 0 aliphatic carbocycles. The smallest absolute Gasteiger partial charge is 0.236 e. The molecule has 2 N–H and O–H groups in total. The first kappa shape index (κ1) is 17.4. The summed E-state index contributed by atoms with van der Waals surface area (Å²) in [6.45, 7) is 5.30. The first-order chi connectivity index (χ1) is 12.6. The summed E-state index contributed by atoms with van der Waals surface area (Å²) in [7, 11) is 0. The van der Waals surface area contributed by atoms with Crippen molar-refractivity contribution >= 4 is 17.7 Å². The number of thioether (sulfide) groups is 1. The zero-order valence-electron chi connectivity index (χ0n) is 14.9. The Balaban J connectivity index is 1.56. The molecule has 2 aliphatic heterocycles. The van der Waals surface area contributed by atoms with E-state index in [1.165, 1.54) is 17.3 Å². The van der Waals surface area contributed by atoms with Gasteiger partial charge in [0.25, 0.3) is 0 Å². The molecule has 1 amide bonds. The predicted octanol–water partition coefficient (Wildman–Crippen LogP) is 1.95. The van der Waals surface area contributed by atoms with E-state index in [9.17, 15) is 4.79 Å². The van der Waals surface area contributed by atoms with E-state index < -0.39 is 0 Å². The Labute approximate surface area is 156 Å². The van der Waals surface area contributed by atoms with Gasteiger partial charge in [0.05, 0.1) is 12.1 Å². The van der Waals surface area contributed by atoms with Crippen LogP contribution in [0.15, 0.2) is 29.4 Å². The fourth-order valence-electron chi connectivity index (χ4n) is 3.30. The molecule has 7 nitrogen and oxygen atoms in total. The van der Waals surface area contributed by atoms with Gasteiger partial charge in [-0.3, -0.25) is 4.79 Å². The maximum absolute atomic E-state index is 12.9. The first-order valence-corrected chi connectivity index (χ1v) is 9.81. The molecule has 0 saturated carbocycles. The number of hydrogen-bond donors (Lipinski definition) is 2. The van der Waals surface area contributed by atoms with Crippen molar-refractivity contribution in [3.05, 3.63) is 41.2 Å². The summed E-state index contributed by atoms with van der Waals surface area (Å²) in [4.78, 5) is 12.9. The fraction of sp³-hybridized carbons (Fsp3) is 0.500. The number of rotatable bonds is 4. The summed E-state index contributed by atoms with van der Waals surface area (Å²) in [5, 5.41) is 11.7. The highest BCUT2D eigenvalue weighted by Crippen LogP contribution is 2.37. The van der Waals surface area contributed by atoms with Crippen molar-refractivity contribution in [3.8, 4) is 0 Å². The van der Waals surface area contributed by atoms with Crippen molar-refractivity contribution in [3.63, 3.8) is 0 Å². The Bertz CT molecular complexity index is 785. The summed E-state index contributed by atoms with van der Waals surface area (Å²) >= 11 is 1.45. The Morgan fingerprint density at radius 2 is 2.15 bits per heavy atom. The molecule has 1 saturated heterocycles. The van der Waals surface area contributed by atoms with Crippen LogP contribution in [0.25, 0.3) is 0 Å². The molecule has 0 bridgehead atoms. The Morgan fingerprint density at radius 1 is 1.35 bits per heavy atom. The number of benzene rings is 1. The number of carbonyl (C=O) groups is 1. The van der Waals surface area contributed by atoms with E-state index in [2.05, 4.69) is 52.1 Å². The van der Waals surface area contributed by atoms with E-state index in [0.29, 0.717) is 11.7 Å². The summed E-state index contributed by atoms with van der Waals surface area (Å²) in [6.07, 6.45) is 2.20. The molecular weight excluding hydrogens is 350 g/mol. The van der Waals surface area contributed by atoms with Crippen molar-refractivity contribution in [2.75, 3.05) is 18.6 Å². The lowest BCUT2D eigenvalue weighted by atomic mass is 10.0. The minimum Gasteiger partial charge on any atom is -0.376 e. The normalized spacial score (nSPS) is 24.8. The number of aryl methyl sites for hydroxylation is 2. The molecule has 2 aromatic rings. The third kappa shape index (κ3) is 3.43. The van der Waals surface area contributed by atoms with E-state index in [1.54, 1.807) is 0 Å². The van der Waals surface area contributed by atoms with E-state index >= 15 is 0 Å². The van der Waals surface area contributed by atoms with Gasteiger partial charge in [-0.05, 0) is 32.3 Å². The number of fused-ring (bicyclic) bond motifs is 1. The molecule has 1 aromatic carbocycles. The maximum atomic E-state index is 12.9. The van der Waals surface area contributed by atoms with Crippen LogP contribution < -0.4 is 10.7 Å². The minimum atomic E-state index is -0.324. The molecule has 0 radical (unpaired) electrons. The van der Waals surface area contributed by atoms with E-state index in [4.69, 9.17) is 4.74 Å². The molecule has 26 heavy (non-hydrogen) atoms. The van der Waals surface area contributed by atoms with Crippen molar-refractivity contribution in [2.45, 2.75) is 49.2 Å². The number of ether oxygens (including phenoxy) is 1. The minimum absolute atomic E-state index is 0.00419. The zero-order chi connectivity index (χ0) is 18.1. The third-order valence-corrected chi connectivity index (χ3v) is 6.04. The van der Waals surface area contributed by atoms with Gasteiger partial charge in [-0.25, -0.2) is 4.68 Å². The van der Waals surface area contributed by atoms with E-state index in [-0.39, 0.29) is 23.3 Å². The monoisotopic (exact) mass is 373 g/mol. The molecule has 138 valence electrons. The summed E-state index contributed by atoms with van der Waals surface area (Å²) in [6, 6.07) is 8.11. The molecule has 1 fully saturated rings. The van der Waals surface area contributed by atoms with Crippen molar-refractivity contribution in [2.24, 2.45) is 0 Å². The molecule has 8 heteroatoms. The van der Waals surface area contributed by atoms with Crippen LogP contribution in [-0.4, -0.2) is 45.3 Å². The predicted molar refractivity (Wildman–Crippen MR) is 99.7 cm³/mol. The van der Waals surface area contributed by atoms with Crippen LogP contribution in [0.2, 0.25) is 0 Å². The van der Waals surface area contributed by atoms with Crippen molar-refractivity contribution in [1.29, 1.82) is 0 Å². The Kier molecular flexibility index (Phi) is 4.86. The summed E-state index contributed by atoms with van der Waals surface area (Å²) in [5.74, 6) is 0.776. The standard InChI is InChI=1S/C18H23N5O2S/c1-11-5-7-13(8-6-11)15-16(17(24)19-10-14-4-3-9-25-14)26-18-21-20-12(2)23(18)22-15/h5-8,14-16,22H,3-4,9-10H2,1-2H3,(H,19,24)/t14-,15+,16+/m1/s1. The highest BCUT2D eigenvalue weighted by Gasteiger charge is 2.37. The number of nitrogens with zero attached hydrogens (tertiary/aromatic N) is 3. The van der Waals surface area contributed by atoms with Gasteiger partial charge >= 0.3 is 0 Å². The molecule has 2 aliphatic rings. The van der Waals surface area contributed by atoms with Gasteiger partial charge in [0.1, 0.15) is 11.1 Å². The molecule has 3 atom stereocenters. The van der Waals surface area contributed by atoms with Crippen LogP contribution in [0, 0.1) is 13.8 Å². The van der Waals surface area contributed by atoms with E-state index in [0.717, 1.165) is 30.8 Å². The van der Waals surface area contributed by atoms with Gasteiger partial charge in [0.2, 0.25) is 11.1 Å². The number of carbonyl (C=O) groups excluding carboxylic acids is 1. The average molecular weight is 373 g/mol. The highest BCUT2D eigenvalue weighted by atomic mass is 32.2. The van der Waals surface area contributed by atoms with Gasteiger partial charge < -0.3 is 15.5 Å². The third-order valence-electron chi connectivity index (χ3n) is 4.82. The van der Waals surface area contributed by atoms with Crippen molar-refractivity contribution in [1.82, 2.24) is 20.2 Å². The zero-order valence-corrected chi connectivity index (χ0v) is 15.8. The Hall–Kier alpha value is -2.06. The molecule has 3 heterocycles. The van der Waals surface area contributed by atoms with Gasteiger partial charge in [-0.15, -0.1) is 10.2 Å². The lowest BCUT2D eigenvalue weighted by molar-refractivity contribution is -0.121. The largest absolute Gasteiger partial charge is 0.376 e. The first-order valence-electron chi connectivity index (χ1n) is 8.93. The number of nitrogens with one attached hydrogen (secondary N) is 2. The van der Waals surface area contributed by atoms with Crippen LogP contribution in [0.5, 0.6) is 0 Å².